The number of carbonyl (C=O) groups excluding carboxylic acids is 2. The van der Waals surface area contributed by atoms with Gasteiger partial charge in [0, 0.05) is 5.56 Å². The van der Waals surface area contributed by atoms with Crippen LogP contribution >= 0.6 is 0 Å². The minimum Gasteiger partial charge on any atom is -0.468 e. The van der Waals surface area contributed by atoms with Gasteiger partial charge in [-0.25, -0.2) is 0 Å². The van der Waals surface area contributed by atoms with Crippen molar-refractivity contribution in [3.63, 3.8) is 0 Å². The first-order valence-electron chi connectivity index (χ1n) is 5.34. The molecule has 0 spiro atoms. The van der Waals surface area contributed by atoms with Crippen LogP contribution in [0.25, 0.3) is 0 Å². The number of methoxy groups -OCH3 is 1. The van der Waals surface area contributed by atoms with Crippen LogP contribution in [0.15, 0.2) is 42.5 Å². The topological polar surface area (TPSA) is 43.4 Å². The van der Waals surface area contributed by atoms with Crippen LogP contribution in [0.2, 0.25) is 0 Å². The van der Waals surface area contributed by atoms with E-state index in [1.54, 1.807) is 44.2 Å². The molecule has 3 nitrogen and oxygen atoms in total. The Morgan fingerprint density at radius 1 is 1.18 bits per heavy atom. The number of rotatable bonds is 4. The van der Waals surface area contributed by atoms with E-state index in [-0.39, 0.29) is 11.8 Å². The maximum atomic E-state index is 11.8. The highest BCUT2D eigenvalue weighted by molar-refractivity contribution is 6.04. The van der Waals surface area contributed by atoms with Gasteiger partial charge in [0.25, 0.3) is 0 Å². The zero-order valence-corrected chi connectivity index (χ0v) is 10.3. The molecule has 0 fully saturated rings. The first-order valence-corrected chi connectivity index (χ1v) is 5.34. The fraction of sp³-hybridized carbons (Fsp3) is 0.286. The lowest BCUT2D eigenvalue weighted by atomic mass is 9.92. The van der Waals surface area contributed by atoms with Gasteiger partial charge in [-0.1, -0.05) is 36.4 Å². The van der Waals surface area contributed by atoms with Crippen molar-refractivity contribution in [2.45, 2.75) is 13.8 Å². The molecule has 90 valence electrons. The molecule has 0 aliphatic rings. The van der Waals surface area contributed by atoms with Gasteiger partial charge in [0.2, 0.25) is 0 Å². The second-order valence-corrected chi connectivity index (χ2v) is 4.28. The van der Waals surface area contributed by atoms with Gasteiger partial charge < -0.3 is 4.74 Å². The zero-order valence-electron chi connectivity index (χ0n) is 10.3. The summed E-state index contributed by atoms with van der Waals surface area (Å²) in [6.45, 7) is 3.40. The van der Waals surface area contributed by atoms with Crippen LogP contribution in [0.4, 0.5) is 0 Å². The second kappa shape index (κ2) is 5.43. The van der Waals surface area contributed by atoms with E-state index >= 15 is 0 Å². The molecule has 0 N–H and O–H groups in total. The van der Waals surface area contributed by atoms with Gasteiger partial charge in [-0.2, -0.15) is 0 Å². The Hall–Kier alpha value is -1.90. The summed E-state index contributed by atoms with van der Waals surface area (Å²) in [5.41, 5.74) is -0.191. The minimum absolute atomic E-state index is 0.123. The van der Waals surface area contributed by atoms with Gasteiger partial charge in [-0.3, -0.25) is 9.59 Å². The molecule has 0 aliphatic carbocycles. The molecule has 0 radical (unpaired) electrons. The third-order valence-electron chi connectivity index (χ3n) is 2.42. The molecule has 0 saturated heterocycles. The van der Waals surface area contributed by atoms with Gasteiger partial charge in [0.05, 0.1) is 12.5 Å². The molecule has 1 aromatic carbocycles. The lowest BCUT2D eigenvalue weighted by Gasteiger charge is -2.16. The van der Waals surface area contributed by atoms with Crippen LogP contribution in [0, 0.1) is 5.41 Å². The maximum absolute atomic E-state index is 11.8. The normalized spacial score (nSPS) is 11.5. The summed E-state index contributed by atoms with van der Waals surface area (Å²) in [5, 5.41) is 0. The molecule has 0 amide bonds. The molecular formula is C14H16O3. The monoisotopic (exact) mass is 232 g/mol. The minimum atomic E-state index is -0.792. The fourth-order valence-electron chi connectivity index (χ4n) is 1.31. The standard InChI is InChI=1S/C14H16O3/c1-14(2,13(16)17-3)10-9-12(15)11-7-5-4-6-8-11/h4-10H,1-3H3/b10-9+. The Bertz CT molecular complexity index is 430. The van der Waals surface area contributed by atoms with Crippen LogP contribution in [-0.2, 0) is 9.53 Å². The van der Waals surface area contributed by atoms with E-state index in [9.17, 15) is 9.59 Å². The van der Waals surface area contributed by atoms with Crippen molar-refractivity contribution in [1.82, 2.24) is 0 Å². The third kappa shape index (κ3) is 3.55. The van der Waals surface area contributed by atoms with Crippen molar-refractivity contribution < 1.29 is 14.3 Å². The summed E-state index contributed by atoms with van der Waals surface area (Å²) in [7, 11) is 1.33. The summed E-state index contributed by atoms with van der Waals surface area (Å²) in [6, 6.07) is 8.91. The van der Waals surface area contributed by atoms with Gasteiger partial charge in [-0.05, 0) is 19.9 Å². The van der Waals surface area contributed by atoms with Crippen LogP contribution in [0.1, 0.15) is 24.2 Å². The van der Waals surface area contributed by atoms with Gasteiger partial charge in [0.1, 0.15) is 0 Å². The Morgan fingerprint density at radius 2 is 1.76 bits per heavy atom. The second-order valence-electron chi connectivity index (χ2n) is 4.28. The van der Waals surface area contributed by atoms with Crippen molar-refractivity contribution >= 4 is 11.8 Å². The Morgan fingerprint density at radius 3 is 2.29 bits per heavy atom. The van der Waals surface area contributed by atoms with Gasteiger partial charge in [0.15, 0.2) is 5.78 Å². The number of ketones is 1. The lowest BCUT2D eigenvalue weighted by Crippen LogP contribution is -2.23. The molecule has 1 aromatic rings. The average molecular weight is 232 g/mol. The van der Waals surface area contributed by atoms with Crippen LogP contribution in [0.5, 0.6) is 0 Å². The molecule has 1 rings (SSSR count). The van der Waals surface area contributed by atoms with Crippen LogP contribution in [-0.4, -0.2) is 18.9 Å². The van der Waals surface area contributed by atoms with Gasteiger partial charge >= 0.3 is 5.97 Å². The molecule has 3 heteroatoms. The molecule has 0 aliphatic heterocycles. The van der Waals surface area contributed by atoms with Crippen molar-refractivity contribution in [3.05, 3.63) is 48.0 Å². The van der Waals surface area contributed by atoms with Crippen molar-refractivity contribution in [2.75, 3.05) is 7.11 Å². The van der Waals surface area contributed by atoms with Crippen molar-refractivity contribution in [2.24, 2.45) is 5.41 Å². The fourth-order valence-corrected chi connectivity index (χ4v) is 1.31. The summed E-state index contributed by atoms with van der Waals surface area (Å²) >= 11 is 0. The molecule has 0 bridgehead atoms. The quantitative estimate of drug-likeness (QED) is 0.455. The maximum Gasteiger partial charge on any atom is 0.315 e. The summed E-state index contributed by atoms with van der Waals surface area (Å²) in [5.74, 6) is -0.489. The number of esters is 1. The van der Waals surface area contributed by atoms with Gasteiger partial charge in [-0.15, -0.1) is 0 Å². The molecule has 0 atom stereocenters. The largest absolute Gasteiger partial charge is 0.468 e. The first kappa shape index (κ1) is 13.2. The number of hydrogen-bond acceptors (Lipinski definition) is 3. The lowest BCUT2D eigenvalue weighted by molar-refractivity contribution is -0.148. The Balaban J connectivity index is 2.79. The average Bonchev–Trinajstić information content (AvgIpc) is 2.36. The van der Waals surface area contributed by atoms with Crippen molar-refractivity contribution in [3.8, 4) is 0 Å². The summed E-state index contributed by atoms with van der Waals surface area (Å²) in [6.07, 6.45) is 2.97. The highest BCUT2D eigenvalue weighted by Gasteiger charge is 2.25. The number of ether oxygens (including phenoxy) is 1. The molecule has 0 aromatic heterocycles. The van der Waals surface area contributed by atoms with E-state index in [2.05, 4.69) is 4.74 Å². The predicted octanol–water partition coefficient (Wildman–Crippen LogP) is 2.62. The van der Waals surface area contributed by atoms with E-state index in [1.807, 2.05) is 6.07 Å². The number of hydrogen-bond donors (Lipinski definition) is 0. The van der Waals surface area contributed by atoms with E-state index in [0.717, 1.165) is 0 Å². The zero-order chi connectivity index (χ0) is 12.9. The predicted molar refractivity (Wildman–Crippen MR) is 65.7 cm³/mol. The summed E-state index contributed by atoms with van der Waals surface area (Å²) in [4.78, 5) is 23.2. The number of carbonyl (C=O) groups is 2. The van der Waals surface area contributed by atoms with E-state index in [1.165, 1.54) is 13.2 Å². The molecular weight excluding hydrogens is 216 g/mol. The Kier molecular flexibility index (Phi) is 4.21. The smallest absolute Gasteiger partial charge is 0.315 e. The number of allylic oxidation sites excluding steroid dienone is 1. The Labute approximate surface area is 101 Å². The molecule has 0 heterocycles. The highest BCUT2D eigenvalue weighted by atomic mass is 16.5. The first-order chi connectivity index (χ1) is 7.97. The van der Waals surface area contributed by atoms with E-state index in [4.69, 9.17) is 0 Å². The van der Waals surface area contributed by atoms with E-state index < -0.39 is 5.41 Å². The van der Waals surface area contributed by atoms with Crippen molar-refractivity contribution in [1.29, 1.82) is 0 Å². The van der Waals surface area contributed by atoms with Crippen LogP contribution in [0.3, 0.4) is 0 Å². The van der Waals surface area contributed by atoms with E-state index in [0.29, 0.717) is 5.56 Å². The number of benzene rings is 1. The third-order valence-corrected chi connectivity index (χ3v) is 2.42. The molecule has 17 heavy (non-hydrogen) atoms. The van der Waals surface area contributed by atoms with Crippen LogP contribution < -0.4 is 0 Å². The summed E-state index contributed by atoms with van der Waals surface area (Å²) < 4.78 is 4.65. The highest BCUT2D eigenvalue weighted by Crippen LogP contribution is 2.19. The molecule has 0 saturated carbocycles. The SMILES string of the molecule is COC(=O)C(C)(C)/C=C/C(=O)c1ccccc1. The molecule has 0 unspecified atom stereocenters.